The van der Waals surface area contributed by atoms with Gasteiger partial charge in [-0.25, -0.2) is 0 Å². The van der Waals surface area contributed by atoms with Crippen LogP contribution in [0.25, 0.3) is 0 Å². The van der Waals surface area contributed by atoms with Crippen LogP contribution in [-0.2, 0) is 4.74 Å². The molecule has 0 aromatic carbocycles. The third-order valence-electron chi connectivity index (χ3n) is 5.02. The summed E-state index contributed by atoms with van der Waals surface area (Å²) in [6.45, 7) is 10.9. The molecule has 1 aliphatic heterocycles. The Morgan fingerprint density at radius 1 is 1.18 bits per heavy atom. The molecule has 1 heterocycles. The fourth-order valence-corrected chi connectivity index (χ4v) is 3.29. The summed E-state index contributed by atoms with van der Waals surface area (Å²) < 4.78 is 5.94. The van der Waals surface area contributed by atoms with Gasteiger partial charge in [0.1, 0.15) is 6.10 Å². The Bertz CT molecular complexity index is 484. The normalized spacial score (nSPS) is 39.0. The first-order valence-corrected chi connectivity index (χ1v) is 8.70. The van der Waals surface area contributed by atoms with Gasteiger partial charge >= 0.3 is 0 Å². The molecule has 1 aliphatic carbocycles. The predicted molar refractivity (Wildman–Crippen MR) is 92.8 cm³/mol. The van der Waals surface area contributed by atoms with Gasteiger partial charge in [0, 0.05) is 0 Å². The van der Waals surface area contributed by atoms with Crippen molar-refractivity contribution < 1.29 is 9.84 Å². The lowest BCUT2D eigenvalue weighted by atomic mass is 9.89. The summed E-state index contributed by atoms with van der Waals surface area (Å²) in [6.07, 6.45) is 11.7. The van der Waals surface area contributed by atoms with Gasteiger partial charge in [0.25, 0.3) is 0 Å². The third kappa shape index (κ3) is 4.57. The average Bonchev–Trinajstić information content (AvgIpc) is 3.05. The highest BCUT2D eigenvalue weighted by Crippen LogP contribution is 2.43. The molecule has 1 fully saturated rings. The van der Waals surface area contributed by atoms with E-state index in [-0.39, 0.29) is 17.8 Å². The molecule has 2 heteroatoms. The van der Waals surface area contributed by atoms with E-state index in [2.05, 4.69) is 52.8 Å². The number of aliphatic hydroxyl groups excluding tert-OH is 1. The Balaban J connectivity index is 2.21. The molecule has 2 rings (SSSR count). The number of rotatable bonds is 1. The van der Waals surface area contributed by atoms with Gasteiger partial charge in [-0.15, -0.1) is 0 Å². The fourth-order valence-electron chi connectivity index (χ4n) is 3.29. The van der Waals surface area contributed by atoms with E-state index in [9.17, 15) is 5.11 Å². The second-order valence-corrected chi connectivity index (χ2v) is 7.57. The molecule has 0 aromatic rings. The Labute approximate surface area is 136 Å². The Morgan fingerprint density at radius 2 is 1.86 bits per heavy atom. The van der Waals surface area contributed by atoms with Gasteiger partial charge in [-0.3, -0.25) is 0 Å². The number of allylic oxidation sites excluding steroid dienone is 3. The molecule has 22 heavy (non-hydrogen) atoms. The van der Waals surface area contributed by atoms with E-state index < -0.39 is 0 Å². The monoisotopic (exact) mass is 304 g/mol. The molecule has 2 nitrogen and oxygen atoms in total. The molecule has 2 aliphatic rings. The molecule has 124 valence electrons. The molecule has 1 saturated heterocycles. The average molecular weight is 304 g/mol. The summed E-state index contributed by atoms with van der Waals surface area (Å²) in [6, 6.07) is 0. The van der Waals surface area contributed by atoms with Gasteiger partial charge in [-0.1, -0.05) is 43.2 Å². The summed E-state index contributed by atoms with van der Waals surface area (Å²) in [7, 11) is 0. The molecular formula is C20H32O2. The van der Waals surface area contributed by atoms with Crippen molar-refractivity contribution >= 4 is 0 Å². The van der Waals surface area contributed by atoms with Gasteiger partial charge < -0.3 is 9.84 Å². The number of ether oxygens (including phenoxy) is 1. The highest BCUT2D eigenvalue weighted by molar-refractivity contribution is 5.23. The highest BCUT2D eigenvalue weighted by Gasteiger charge is 2.50. The summed E-state index contributed by atoms with van der Waals surface area (Å²) >= 11 is 0. The van der Waals surface area contributed by atoms with E-state index in [4.69, 9.17) is 4.74 Å². The number of epoxide rings is 1. The van der Waals surface area contributed by atoms with Crippen LogP contribution in [0.3, 0.4) is 0 Å². The standard InChI is InChI=1S/C20H32O2/c1-14(2)17-13-19-20(5,22-19)11-7-10-15(3)8-6-9-16(4)12-18(17)21/h9-10,13-14,18-19,21H,6-8,11-12H2,1-5H3/b15-10?,16-9+,17-13+/t18-,19-,20-/m0/s1. The quantitative estimate of drug-likeness (QED) is 0.549. The van der Waals surface area contributed by atoms with Crippen molar-refractivity contribution in [3.63, 3.8) is 0 Å². The highest BCUT2D eigenvalue weighted by atomic mass is 16.6. The van der Waals surface area contributed by atoms with Crippen LogP contribution in [0.2, 0.25) is 0 Å². The molecule has 0 radical (unpaired) electrons. The van der Waals surface area contributed by atoms with E-state index in [1.165, 1.54) is 11.1 Å². The zero-order valence-electron chi connectivity index (χ0n) is 14.9. The van der Waals surface area contributed by atoms with Crippen LogP contribution < -0.4 is 0 Å². The third-order valence-corrected chi connectivity index (χ3v) is 5.02. The van der Waals surface area contributed by atoms with Crippen molar-refractivity contribution in [3.8, 4) is 0 Å². The van der Waals surface area contributed by atoms with Crippen molar-refractivity contribution in [2.45, 2.75) is 84.5 Å². The minimum atomic E-state index is -0.385. The molecule has 0 saturated carbocycles. The SMILES string of the molecule is CC1=CCC[C@]2(C)O[C@H]2/C=C(\C(C)C)[C@@H](O)C/C(C)=C/CC1. The Morgan fingerprint density at radius 3 is 2.55 bits per heavy atom. The molecule has 0 amide bonds. The van der Waals surface area contributed by atoms with E-state index in [1.807, 2.05) is 0 Å². The minimum Gasteiger partial charge on any atom is -0.388 e. The Kier molecular flexibility index (Phi) is 5.68. The maximum Gasteiger partial charge on any atom is 0.106 e. The molecule has 0 bridgehead atoms. The van der Waals surface area contributed by atoms with Gasteiger partial charge in [-0.2, -0.15) is 0 Å². The molecule has 3 atom stereocenters. The van der Waals surface area contributed by atoms with Crippen LogP contribution in [-0.4, -0.2) is 22.9 Å². The fraction of sp³-hybridized carbons (Fsp3) is 0.700. The van der Waals surface area contributed by atoms with Crippen molar-refractivity contribution in [3.05, 3.63) is 34.9 Å². The summed E-state index contributed by atoms with van der Waals surface area (Å²) in [5.41, 5.74) is 3.83. The number of hydrogen-bond donors (Lipinski definition) is 1. The van der Waals surface area contributed by atoms with Gasteiger partial charge in [-0.05, 0) is 64.4 Å². The van der Waals surface area contributed by atoms with Crippen molar-refractivity contribution in [1.29, 1.82) is 0 Å². The minimum absolute atomic E-state index is 0.0361. The van der Waals surface area contributed by atoms with E-state index >= 15 is 0 Å². The Hall–Kier alpha value is -0.860. The number of fused-ring (bicyclic) bond motifs is 1. The number of aliphatic hydroxyl groups is 1. The first-order valence-electron chi connectivity index (χ1n) is 8.70. The lowest BCUT2D eigenvalue weighted by Crippen LogP contribution is -2.17. The number of hydrogen-bond acceptors (Lipinski definition) is 2. The topological polar surface area (TPSA) is 32.8 Å². The van der Waals surface area contributed by atoms with Crippen molar-refractivity contribution in [2.24, 2.45) is 5.92 Å². The maximum absolute atomic E-state index is 10.6. The second-order valence-electron chi connectivity index (χ2n) is 7.57. The van der Waals surface area contributed by atoms with E-state index in [1.54, 1.807) is 0 Å². The zero-order valence-corrected chi connectivity index (χ0v) is 14.9. The van der Waals surface area contributed by atoms with Gasteiger partial charge in [0.05, 0.1) is 11.7 Å². The van der Waals surface area contributed by atoms with E-state index in [0.717, 1.165) is 37.7 Å². The van der Waals surface area contributed by atoms with Gasteiger partial charge in [0.2, 0.25) is 0 Å². The summed E-state index contributed by atoms with van der Waals surface area (Å²) in [5, 5.41) is 10.6. The predicted octanol–water partition coefficient (Wildman–Crippen LogP) is 4.94. The van der Waals surface area contributed by atoms with Gasteiger partial charge in [0.15, 0.2) is 0 Å². The van der Waals surface area contributed by atoms with Crippen LogP contribution in [0.15, 0.2) is 34.9 Å². The lowest BCUT2D eigenvalue weighted by Gasteiger charge is -2.19. The van der Waals surface area contributed by atoms with E-state index in [0.29, 0.717) is 5.92 Å². The molecule has 1 N–H and O–H groups in total. The molecule has 0 aromatic heterocycles. The van der Waals surface area contributed by atoms with Crippen LogP contribution >= 0.6 is 0 Å². The second kappa shape index (κ2) is 7.14. The van der Waals surface area contributed by atoms with Crippen molar-refractivity contribution in [2.75, 3.05) is 0 Å². The molecular weight excluding hydrogens is 272 g/mol. The van der Waals surface area contributed by atoms with Crippen LogP contribution in [0.4, 0.5) is 0 Å². The molecule has 0 unspecified atom stereocenters. The zero-order chi connectivity index (χ0) is 16.3. The van der Waals surface area contributed by atoms with Crippen LogP contribution in [0.1, 0.15) is 66.7 Å². The summed E-state index contributed by atoms with van der Waals surface area (Å²) in [4.78, 5) is 0. The largest absolute Gasteiger partial charge is 0.388 e. The molecule has 0 spiro atoms. The van der Waals surface area contributed by atoms with Crippen LogP contribution in [0.5, 0.6) is 0 Å². The smallest absolute Gasteiger partial charge is 0.106 e. The first kappa shape index (κ1) is 17.5. The summed E-state index contributed by atoms with van der Waals surface area (Å²) in [5.74, 6) is 0.353. The lowest BCUT2D eigenvalue weighted by molar-refractivity contribution is 0.199. The van der Waals surface area contributed by atoms with Crippen molar-refractivity contribution in [1.82, 2.24) is 0 Å². The van der Waals surface area contributed by atoms with Crippen LogP contribution in [0, 0.1) is 5.92 Å². The first-order chi connectivity index (χ1) is 10.3. The maximum atomic E-state index is 10.6.